The van der Waals surface area contributed by atoms with E-state index >= 15 is 0 Å². The van der Waals surface area contributed by atoms with Gasteiger partial charge in [0.2, 0.25) is 0 Å². The summed E-state index contributed by atoms with van der Waals surface area (Å²) in [6.45, 7) is 0. The van der Waals surface area contributed by atoms with Gasteiger partial charge < -0.3 is 5.73 Å². The normalized spacial score (nSPS) is 11.1. The number of nitrogens with two attached hydrogens (primary N) is 1. The first-order chi connectivity index (χ1) is 9.79. The summed E-state index contributed by atoms with van der Waals surface area (Å²) < 4.78 is 26.8. The molecule has 0 aliphatic carbocycles. The summed E-state index contributed by atoms with van der Waals surface area (Å²) in [6.07, 6.45) is 0. The van der Waals surface area contributed by atoms with Gasteiger partial charge in [0, 0.05) is 17.8 Å². The van der Waals surface area contributed by atoms with E-state index in [-0.39, 0.29) is 21.3 Å². The summed E-state index contributed by atoms with van der Waals surface area (Å²) in [4.78, 5) is 9.65. The minimum absolute atomic E-state index is 0.114. The fourth-order valence-corrected chi connectivity index (χ4v) is 3.19. The number of non-ortho nitro benzene ring substituents is 1. The van der Waals surface area contributed by atoms with Crippen LogP contribution in [0.4, 0.5) is 17.1 Å². The molecule has 0 saturated heterocycles. The zero-order chi connectivity index (χ0) is 15.6. The molecular formula is C12H10ClN3O4S. The summed E-state index contributed by atoms with van der Waals surface area (Å²) in [5, 5.41) is 10.6. The maximum atomic E-state index is 12.2. The van der Waals surface area contributed by atoms with Gasteiger partial charge in [-0.2, -0.15) is 0 Å². The molecule has 7 nitrogen and oxygen atoms in total. The van der Waals surface area contributed by atoms with Crippen LogP contribution in [0.15, 0.2) is 47.4 Å². The smallest absolute Gasteiger partial charge is 0.270 e. The lowest BCUT2D eigenvalue weighted by molar-refractivity contribution is -0.385. The molecule has 0 aliphatic rings. The summed E-state index contributed by atoms with van der Waals surface area (Å²) in [5.74, 6) is 0. The molecule has 9 heteroatoms. The summed E-state index contributed by atoms with van der Waals surface area (Å²) in [6, 6.07) is 9.27. The van der Waals surface area contributed by atoms with Crippen molar-refractivity contribution in [2.75, 3.05) is 10.5 Å². The monoisotopic (exact) mass is 327 g/mol. The van der Waals surface area contributed by atoms with Crippen molar-refractivity contribution in [2.45, 2.75) is 4.90 Å². The number of nitro groups is 1. The van der Waals surface area contributed by atoms with Crippen LogP contribution in [0.25, 0.3) is 0 Å². The fourth-order valence-electron chi connectivity index (χ4n) is 1.62. The Balaban J connectivity index is 2.44. The first-order valence-corrected chi connectivity index (χ1v) is 7.48. The second-order valence-corrected chi connectivity index (χ2v) is 6.16. The largest absolute Gasteiger partial charge is 0.399 e. The average molecular weight is 328 g/mol. The third-order valence-corrected chi connectivity index (χ3v) is 4.42. The molecule has 2 aromatic carbocycles. The molecule has 0 spiro atoms. The Bertz CT molecular complexity index is 808. The van der Waals surface area contributed by atoms with E-state index in [1.54, 1.807) is 12.1 Å². The Morgan fingerprint density at radius 3 is 2.52 bits per heavy atom. The van der Waals surface area contributed by atoms with Crippen molar-refractivity contribution >= 4 is 38.7 Å². The zero-order valence-corrected chi connectivity index (χ0v) is 12.1. The number of sulfonamides is 1. The number of nitrogens with one attached hydrogen (secondary N) is 1. The summed E-state index contributed by atoms with van der Waals surface area (Å²) in [7, 11) is -4.06. The quantitative estimate of drug-likeness (QED) is 0.508. The standard InChI is InChI=1S/C12H10ClN3O4S/c13-11-5-4-10(16(17)18)7-12(11)21(19,20)15-9-3-1-2-8(14)6-9/h1-7,15H,14H2. The van der Waals surface area contributed by atoms with Crippen LogP contribution in [0.5, 0.6) is 0 Å². The highest BCUT2D eigenvalue weighted by Crippen LogP contribution is 2.28. The number of nitrogens with zero attached hydrogens (tertiary/aromatic N) is 1. The van der Waals surface area contributed by atoms with E-state index in [2.05, 4.69) is 4.72 Å². The van der Waals surface area contributed by atoms with Gasteiger partial charge in [0.25, 0.3) is 15.7 Å². The van der Waals surface area contributed by atoms with Gasteiger partial charge >= 0.3 is 0 Å². The lowest BCUT2D eigenvalue weighted by Gasteiger charge is -2.09. The predicted octanol–water partition coefficient (Wildman–Crippen LogP) is 2.63. The maximum absolute atomic E-state index is 12.2. The van der Waals surface area contributed by atoms with Crippen LogP contribution in [0.2, 0.25) is 5.02 Å². The van der Waals surface area contributed by atoms with E-state index in [1.165, 1.54) is 12.1 Å². The first kappa shape index (κ1) is 15.1. The van der Waals surface area contributed by atoms with Crippen molar-refractivity contribution < 1.29 is 13.3 Å². The van der Waals surface area contributed by atoms with Gasteiger partial charge in [-0.25, -0.2) is 8.42 Å². The fraction of sp³-hybridized carbons (Fsp3) is 0. The van der Waals surface area contributed by atoms with Crippen LogP contribution in [0, 0.1) is 10.1 Å². The third-order valence-electron chi connectivity index (χ3n) is 2.55. The minimum atomic E-state index is -4.06. The molecular weight excluding hydrogens is 318 g/mol. The van der Waals surface area contributed by atoms with Crippen LogP contribution in [-0.4, -0.2) is 13.3 Å². The maximum Gasteiger partial charge on any atom is 0.270 e. The van der Waals surface area contributed by atoms with Gasteiger partial charge in [-0.05, 0) is 24.3 Å². The van der Waals surface area contributed by atoms with Crippen molar-refractivity contribution in [1.82, 2.24) is 0 Å². The third kappa shape index (κ3) is 3.41. The summed E-state index contributed by atoms with van der Waals surface area (Å²) >= 11 is 5.82. The van der Waals surface area contributed by atoms with E-state index in [9.17, 15) is 18.5 Å². The molecule has 0 heterocycles. The van der Waals surface area contributed by atoms with Gasteiger partial charge in [-0.3, -0.25) is 14.8 Å². The Morgan fingerprint density at radius 1 is 1.19 bits per heavy atom. The molecule has 0 unspecified atom stereocenters. The second-order valence-electron chi connectivity index (χ2n) is 4.10. The van der Waals surface area contributed by atoms with Crippen molar-refractivity contribution in [2.24, 2.45) is 0 Å². The molecule has 2 aromatic rings. The van der Waals surface area contributed by atoms with Crippen LogP contribution < -0.4 is 10.5 Å². The van der Waals surface area contributed by atoms with E-state index in [1.807, 2.05) is 0 Å². The molecule has 0 aliphatic heterocycles. The predicted molar refractivity (Wildman–Crippen MR) is 79.8 cm³/mol. The highest BCUT2D eigenvalue weighted by Gasteiger charge is 2.21. The average Bonchev–Trinajstić information content (AvgIpc) is 2.38. The molecule has 2 rings (SSSR count). The highest BCUT2D eigenvalue weighted by molar-refractivity contribution is 7.92. The number of benzene rings is 2. The van der Waals surface area contributed by atoms with Crippen molar-refractivity contribution in [1.29, 1.82) is 0 Å². The molecule has 0 amide bonds. The lowest BCUT2D eigenvalue weighted by atomic mass is 10.3. The van der Waals surface area contributed by atoms with Gasteiger partial charge in [-0.15, -0.1) is 0 Å². The molecule has 3 N–H and O–H groups in total. The van der Waals surface area contributed by atoms with Crippen LogP contribution in [-0.2, 0) is 10.0 Å². The van der Waals surface area contributed by atoms with E-state index < -0.39 is 14.9 Å². The molecule has 0 aromatic heterocycles. The SMILES string of the molecule is Nc1cccc(NS(=O)(=O)c2cc([N+](=O)[O-])ccc2Cl)c1. The Labute approximate surface area is 125 Å². The van der Waals surface area contributed by atoms with Gasteiger partial charge in [-0.1, -0.05) is 17.7 Å². The van der Waals surface area contributed by atoms with E-state index in [0.29, 0.717) is 5.69 Å². The zero-order valence-electron chi connectivity index (χ0n) is 10.5. The number of halogens is 1. The molecule has 0 radical (unpaired) electrons. The number of hydrogen-bond acceptors (Lipinski definition) is 5. The van der Waals surface area contributed by atoms with Crippen LogP contribution in [0.3, 0.4) is 0 Å². The number of hydrogen-bond donors (Lipinski definition) is 2. The van der Waals surface area contributed by atoms with Gasteiger partial charge in [0.15, 0.2) is 0 Å². The second kappa shape index (κ2) is 5.58. The van der Waals surface area contributed by atoms with Crippen molar-refractivity contribution in [3.8, 4) is 0 Å². The number of rotatable bonds is 4. The van der Waals surface area contributed by atoms with Gasteiger partial charge in [0.05, 0.1) is 15.6 Å². The van der Waals surface area contributed by atoms with Crippen LogP contribution in [0.1, 0.15) is 0 Å². The number of anilines is 2. The van der Waals surface area contributed by atoms with E-state index in [4.69, 9.17) is 17.3 Å². The van der Waals surface area contributed by atoms with Crippen molar-refractivity contribution in [3.05, 3.63) is 57.6 Å². The van der Waals surface area contributed by atoms with Crippen molar-refractivity contribution in [3.63, 3.8) is 0 Å². The molecule has 0 saturated carbocycles. The van der Waals surface area contributed by atoms with Gasteiger partial charge in [0.1, 0.15) is 4.90 Å². The molecule has 0 atom stereocenters. The molecule has 0 fully saturated rings. The number of nitro benzene ring substituents is 1. The topological polar surface area (TPSA) is 115 Å². The molecule has 21 heavy (non-hydrogen) atoms. The van der Waals surface area contributed by atoms with E-state index in [0.717, 1.165) is 18.2 Å². The Morgan fingerprint density at radius 2 is 1.90 bits per heavy atom. The summed E-state index contributed by atoms with van der Waals surface area (Å²) in [5.41, 5.74) is 5.80. The first-order valence-electron chi connectivity index (χ1n) is 5.62. The Hall–Kier alpha value is -2.32. The Kier molecular flexibility index (Phi) is 4.01. The lowest BCUT2D eigenvalue weighted by Crippen LogP contribution is -2.14. The highest BCUT2D eigenvalue weighted by atomic mass is 35.5. The van der Waals surface area contributed by atoms with Crippen LogP contribution >= 0.6 is 11.6 Å². The molecule has 0 bridgehead atoms. The number of nitrogen functional groups attached to an aromatic ring is 1. The minimum Gasteiger partial charge on any atom is -0.399 e. The molecule has 110 valence electrons.